The van der Waals surface area contributed by atoms with Crippen LogP contribution in [0.2, 0.25) is 0 Å². The highest BCUT2D eigenvalue weighted by Crippen LogP contribution is 2.24. The Morgan fingerprint density at radius 3 is 2.13 bits per heavy atom. The summed E-state index contributed by atoms with van der Waals surface area (Å²) < 4.78 is 10.6. The van der Waals surface area contributed by atoms with Crippen LogP contribution >= 0.6 is 0 Å². The lowest BCUT2D eigenvalue weighted by Gasteiger charge is -2.38. The topological polar surface area (TPSA) is 42.0 Å². The summed E-state index contributed by atoms with van der Waals surface area (Å²) in [4.78, 5) is 16.3. The maximum atomic E-state index is 12.1. The van der Waals surface area contributed by atoms with Gasteiger partial charge in [0.25, 0.3) is 0 Å². The highest BCUT2D eigenvalue weighted by atomic mass is 16.6. The first-order valence-corrected chi connectivity index (χ1v) is 8.16. The van der Waals surface area contributed by atoms with E-state index in [9.17, 15) is 4.79 Å². The highest BCUT2D eigenvalue weighted by molar-refractivity contribution is 5.68. The summed E-state index contributed by atoms with van der Waals surface area (Å²) in [6.07, 6.45) is -0.214. The van der Waals surface area contributed by atoms with E-state index in [4.69, 9.17) is 9.47 Å². The van der Waals surface area contributed by atoms with Gasteiger partial charge < -0.3 is 14.4 Å². The second-order valence-electron chi connectivity index (χ2n) is 6.95. The van der Waals surface area contributed by atoms with Gasteiger partial charge in [-0.25, -0.2) is 4.79 Å². The van der Waals surface area contributed by atoms with E-state index >= 15 is 0 Å². The molecule has 0 saturated carbocycles. The summed E-state index contributed by atoms with van der Waals surface area (Å²) in [5, 5.41) is 0. The van der Waals surface area contributed by atoms with Crippen LogP contribution in [0.1, 0.15) is 39.3 Å². The van der Waals surface area contributed by atoms with Crippen LogP contribution in [-0.2, 0) is 4.74 Å². The van der Waals surface area contributed by atoms with Crippen LogP contribution in [0, 0.1) is 0 Å². The summed E-state index contributed by atoms with van der Waals surface area (Å²) in [6, 6.07) is 8.50. The third-order valence-electron chi connectivity index (χ3n) is 4.11. The van der Waals surface area contributed by atoms with Crippen molar-refractivity contribution in [1.29, 1.82) is 0 Å². The van der Waals surface area contributed by atoms with Crippen LogP contribution in [0.3, 0.4) is 0 Å². The average Bonchev–Trinajstić information content (AvgIpc) is 2.53. The van der Waals surface area contributed by atoms with Gasteiger partial charge in [0.05, 0.1) is 7.11 Å². The van der Waals surface area contributed by atoms with Crippen LogP contribution in [0.15, 0.2) is 24.3 Å². The number of rotatable bonds is 3. The number of hydrogen-bond donors (Lipinski definition) is 0. The maximum Gasteiger partial charge on any atom is 0.410 e. The van der Waals surface area contributed by atoms with E-state index < -0.39 is 5.60 Å². The Hall–Kier alpha value is -1.75. The number of methoxy groups -OCH3 is 1. The molecule has 1 aromatic rings. The second-order valence-corrected chi connectivity index (χ2v) is 6.95. The van der Waals surface area contributed by atoms with Gasteiger partial charge in [-0.15, -0.1) is 0 Å². The van der Waals surface area contributed by atoms with Crippen molar-refractivity contribution in [2.45, 2.75) is 39.3 Å². The molecular formula is C18H28N2O3. The Morgan fingerprint density at radius 1 is 1.09 bits per heavy atom. The lowest BCUT2D eigenvalue weighted by molar-refractivity contribution is 0.0110. The van der Waals surface area contributed by atoms with E-state index in [1.807, 2.05) is 32.9 Å². The predicted octanol–water partition coefficient (Wildman–Crippen LogP) is 3.31. The minimum atomic E-state index is -0.440. The number of amides is 1. The molecule has 0 aromatic heterocycles. The molecule has 5 heteroatoms. The molecule has 1 atom stereocenters. The zero-order valence-corrected chi connectivity index (χ0v) is 14.8. The Balaban J connectivity index is 1.89. The molecule has 23 heavy (non-hydrogen) atoms. The first kappa shape index (κ1) is 17.6. The minimum Gasteiger partial charge on any atom is -0.497 e. The van der Waals surface area contributed by atoms with Crippen molar-refractivity contribution in [1.82, 2.24) is 9.80 Å². The average molecular weight is 320 g/mol. The monoisotopic (exact) mass is 320 g/mol. The number of carbonyl (C=O) groups excluding carboxylic acids is 1. The summed E-state index contributed by atoms with van der Waals surface area (Å²) in [6.45, 7) is 11.0. The molecule has 1 aliphatic heterocycles. The molecule has 5 nitrogen and oxygen atoms in total. The van der Waals surface area contributed by atoms with Gasteiger partial charge in [0.1, 0.15) is 11.4 Å². The molecule has 1 amide bonds. The van der Waals surface area contributed by atoms with E-state index in [-0.39, 0.29) is 6.09 Å². The fourth-order valence-electron chi connectivity index (χ4n) is 2.71. The van der Waals surface area contributed by atoms with Crippen LogP contribution in [0.5, 0.6) is 5.75 Å². The van der Waals surface area contributed by atoms with Gasteiger partial charge in [-0.1, -0.05) is 12.1 Å². The lowest BCUT2D eigenvalue weighted by Crippen LogP contribution is -2.50. The fourth-order valence-corrected chi connectivity index (χ4v) is 2.71. The lowest BCUT2D eigenvalue weighted by atomic mass is 10.1. The molecule has 0 bridgehead atoms. The van der Waals surface area contributed by atoms with Gasteiger partial charge in [-0.3, -0.25) is 4.90 Å². The maximum absolute atomic E-state index is 12.1. The van der Waals surface area contributed by atoms with Gasteiger partial charge in [-0.2, -0.15) is 0 Å². The van der Waals surface area contributed by atoms with Crippen LogP contribution in [0.25, 0.3) is 0 Å². The molecule has 0 radical (unpaired) electrons. The summed E-state index contributed by atoms with van der Waals surface area (Å²) in [7, 11) is 1.67. The van der Waals surface area contributed by atoms with Gasteiger partial charge in [0.15, 0.2) is 0 Å². The first-order valence-electron chi connectivity index (χ1n) is 8.16. The van der Waals surface area contributed by atoms with Crippen molar-refractivity contribution in [3.63, 3.8) is 0 Å². The molecule has 2 rings (SSSR count). The standard InChI is InChI=1S/C18H28N2O3/c1-14(15-6-8-16(22-5)9-7-15)19-10-12-20(13-11-19)17(21)23-18(2,3)4/h6-9,14H,10-13H2,1-5H3. The highest BCUT2D eigenvalue weighted by Gasteiger charge is 2.27. The van der Waals surface area contributed by atoms with Crippen LogP contribution in [0.4, 0.5) is 4.79 Å². The molecule has 1 saturated heterocycles. The molecule has 1 unspecified atom stereocenters. The SMILES string of the molecule is COc1ccc(C(C)N2CCN(C(=O)OC(C)(C)C)CC2)cc1. The fraction of sp³-hybridized carbons (Fsp3) is 0.611. The molecule has 0 N–H and O–H groups in total. The Kier molecular flexibility index (Phi) is 5.52. The van der Waals surface area contributed by atoms with Crippen LogP contribution in [-0.4, -0.2) is 54.8 Å². The number of piperazine rings is 1. The molecule has 1 aliphatic rings. The number of ether oxygens (including phenoxy) is 2. The molecule has 0 aliphatic carbocycles. The number of benzene rings is 1. The summed E-state index contributed by atoms with van der Waals surface area (Å²) in [5.41, 5.74) is 0.821. The Labute approximate surface area is 139 Å². The first-order chi connectivity index (χ1) is 10.8. The molecule has 1 aromatic carbocycles. The van der Waals surface area contributed by atoms with Crippen molar-refractivity contribution in [3.05, 3.63) is 29.8 Å². The normalized spacial score (nSPS) is 17.7. The van der Waals surface area contributed by atoms with Crippen LogP contribution < -0.4 is 4.74 Å². The zero-order chi connectivity index (χ0) is 17.0. The van der Waals surface area contributed by atoms with Gasteiger partial charge in [0, 0.05) is 32.2 Å². The predicted molar refractivity (Wildman–Crippen MR) is 90.8 cm³/mol. The largest absolute Gasteiger partial charge is 0.497 e. The molecular weight excluding hydrogens is 292 g/mol. The van der Waals surface area contributed by atoms with E-state index in [2.05, 4.69) is 24.0 Å². The molecule has 0 spiro atoms. The van der Waals surface area contributed by atoms with E-state index in [1.165, 1.54) is 5.56 Å². The third kappa shape index (κ3) is 4.86. The molecule has 1 fully saturated rings. The number of nitrogens with zero attached hydrogens (tertiary/aromatic N) is 2. The van der Waals surface area contributed by atoms with Gasteiger partial charge in [-0.05, 0) is 45.4 Å². The van der Waals surface area contributed by atoms with Crippen molar-refractivity contribution in [2.75, 3.05) is 33.3 Å². The Bertz CT molecular complexity index is 514. The van der Waals surface area contributed by atoms with Gasteiger partial charge >= 0.3 is 6.09 Å². The van der Waals surface area contributed by atoms with Crippen molar-refractivity contribution < 1.29 is 14.3 Å². The van der Waals surface area contributed by atoms with E-state index in [0.29, 0.717) is 19.1 Å². The van der Waals surface area contributed by atoms with Crippen molar-refractivity contribution in [2.24, 2.45) is 0 Å². The van der Waals surface area contributed by atoms with Crippen molar-refractivity contribution in [3.8, 4) is 5.75 Å². The number of hydrogen-bond acceptors (Lipinski definition) is 4. The smallest absolute Gasteiger partial charge is 0.410 e. The van der Waals surface area contributed by atoms with E-state index in [1.54, 1.807) is 12.0 Å². The summed E-state index contributed by atoms with van der Waals surface area (Å²) in [5.74, 6) is 0.871. The third-order valence-corrected chi connectivity index (χ3v) is 4.11. The number of carbonyl (C=O) groups is 1. The van der Waals surface area contributed by atoms with Crippen molar-refractivity contribution >= 4 is 6.09 Å². The molecule has 1 heterocycles. The minimum absolute atomic E-state index is 0.214. The second kappa shape index (κ2) is 7.21. The summed E-state index contributed by atoms with van der Waals surface area (Å²) >= 11 is 0. The zero-order valence-electron chi connectivity index (χ0n) is 14.8. The quantitative estimate of drug-likeness (QED) is 0.857. The van der Waals surface area contributed by atoms with Gasteiger partial charge in [0.2, 0.25) is 0 Å². The Morgan fingerprint density at radius 2 is 1.65 bits per heavy atom. The molecule has 128 valence electrons. The van der Waals surface area contributed by atoms with E-state index in [0.717, 1.165) is 18.8 Å².